The van der Waals surface area contributed by atoms with Crippen molar-refractivity contribution in [2.45, 2.75) is 39.5 Å². The summed E-state index contributed by atoms with van der Waals surface area (Å²) in [4.78, 5) is 14.4. The molecule has 2 rings (SSSR count). The number of piperidine rings is 1. The van der Waals surface area contributed by atoms with E-state index in [0.717, 1.165) is 37.9 Å². The molecule has 1 fully saturated rings. The molecule has 2 heteroatoms. The maximum absolute atomic E-state index is 12.4. The summed E-state index contributed by atoms with van der Waals surface area (Å²) in [6.45, 7) is 9.89. The summed E-state index contributed by atoms with van der Waals surface area (Å²) < 4.78 is 0. The van der Waals surface area contributed by atoms with Gasteiger partial charge in [0.2, 0.25) is 5.91 Å². The van der Waals surface area contributed by atoms with Gasteiger partial charge in [-0.3, -0.25) is 4.79 Å². The van der Waals surface area contributed by atoms with Crippen LogP contribution in [0.25, 0.3) is 5.57 Å². The second kappa shape index (κ2) is 6.74. The Bertz CT molecular complexity index is 469. The number of hydrogen-bond donors (Lipinski definition) is 0. The summed E-state index contributed by atoms with van der Waals surface area (Å²) in [5.74, 6) is 0.387. The number of likely N-dealkylation sites (tertiary alicyclic amines) is 1. The molecule has 0 unspecified atom stereocenters. The fraction of sp³-hybridized carbons (Fsp3) is 0.500. The lowest BCUT2D eigenvalue weighted by molar-refractivity contribution is -0.135. The van der Waals surface area contributed by atoms with Crippen LogP contribution < -0.4 is 0 Å². The zero-order valence-electron chi connectivity index (χ0n) is 12.7. The number of carbonyl (C=O) groups excluding carboxylic acids is 1. The van der Waals surface area contributed by atoms with E-state index in [0.29, 0.717) is 5.91 Å². The van der Waals surface area contributed by atoms with Crippen molar-refractivity contribution in [2.24, 2.45) is 5.92 Å². The molecule has 0 N–H and O–H groups in total. The van der Waals surface area contributed by atoms with Gasteiger partial charge in [-0.05, 0) is 43.7 Å². The van der Waals surface area contributed by atoms with Gasteiger partial charge in [0.05, 0.1) is 0 Å². The predicted molar refractivity (Wildman–Crippen MR) is 84.4 cm³/mol. The number of rotatable bonds is 4. The summed E-state index contributed by atoms with van der Waals surface area (Å²) >= 11 is 0. The number of nitrogens with zero attached hydrogens (tertiary/aromatic N) is 1. The minimum Gasteiger partial charge on any atom is -0.342 e. The molecule has 0 saturated carbocycles. The first kappa shape index (κ1) is 14.8. The van der Waals surface area contributed by atoms with Gasteiger partial charge >= 0.3 is 0 Å². The summed E-state index contributed by atoms with van der Waals surface area (Å²) in [7, 11) is 0. The summed E-state index contributed by atoms with van der Waals surface area (Å²) in [6, 6.07) is 8.42. The molecule has 0 spiro atoms. The molecule has 1 aliphatic heterocycles. The minimum atomic E-state index is 0.0729. The van der Waals surface area contributed by atoms with Crippen molar-refractivity contribution in [1.29, 1.82) is 0 Å². The molecular weight excluding hydrogens is 246 g/mol. The van der Waals surface area contributed by atoms with E-state index in [1.807, 2.05) is 18.7 Å². The van der Waals surface area contributed by atoms with Crippen LogP contribution in [0.2, 0.25) is 0 Å². The minimum absolute atomic E-state index is 0.0729. The van der Waals surface area contributed by atoms with Gasteiger partial charge in [0.25, 0.3) is 0 Å². The molecule has 2 nitrogen and oxygen atoms in total. The van der Waals surface area contributed by atoms with Crippen LogP contribution in [0.15, 0.2) is 30.8 Å². The van der Waals surface area contributed by atoms with Crippen LogP contribution in [0.5, 0.6) is 0 Å². The Morgan fingerprint density at radius 2 is 1.80 bits per heavy atom. The normalized spacial score (nSPS) is 16.8. The lowest BCUT2D eigenvalue weighted by atomic mass is 9.97. The van der Waals surface area contributed by atoms with Gasteiger partial charge < -0.3 is 4.90 Å². The van der Waals surface area contributed by atoms with Crippen LogP contribution in [0.1, 0.15) is 44.2 Å². The molecule has 1 aliphatic rings. The zero-order valence-corrected chi connectivity index (χ0v) is 12.7. The second-order valence-electron chi connectivity index (χ2n) is 5.97. The van der Waals surface area contributed by atoms with E-state index in [1.54, 1.807) is 0 Å². The number of allylic oxidation sites excluding steroid dienone is 1. The second-order valence-corrected chi connectivity index (χ2v) is 5.97. The first-order chi connectivity index (χ1) is 9.58. The van der Waals surface area contributed by atoms with E-state index < -0.39 is 0 Å². The van der Waals surface area contributed by atoms with Gasteiger partial charge in [0, 0.05) is 19.0 Å². The molecule has 0 radical (unpaired) electrons. The average Bonchev–Trinajstić information content (AvgIpc) is 2.48. The average molecular weight is 271 g/mol. The fourth-order valence-corrected chi connectivity index (χ4v) is 2.79. The van der Waals surface area contributed by atoms with E-state index in [-0.39, 0.29) is 5.92 Å². The van der Waals surface area contributed by atoms with E-state index in [1.165, 1.54) is 17.5 Å². The molecule has 0 bridgehead atoms. The van der Waals surface area contributed by atoms with Crippen LogP contribution in [0, 0.1) is 5.92 Å². The van der Waals surface area contributed by atoms with Crippen LogP contribution in [0.3, 0.4) is 0 Å². The topological polar surface area (TPSA) is 20.3 Å². The van der Waals surface area contributed by atoms with E-state index in [2.05, 4.69) is 30.8 Å². The summed E-state index contributed by atoms with van der Waals surface area (Å²) in [5, 5.41) is 0. The smallest absolute Gasteiger partial charge is 0.225 e. The highest BCUT2D eigenvalue weighted by molar-refractivity contribution is 5.78. The van der Waals surface area contributed by atoms with Crippen molar-refractivity contribution >= 4 is 11.5 Å². The van der Waals surface area contributed by atoms with Crippen LogP contribution in [-0.4, -0.2) is 23.9 Å². The quantitative estimate of drug-likeness (QED) is 0.813. The van der Waals surface area contributed by atoms with Crippen molar-refractivity contribution in [2.75, 3.05) is 13.1 Å². The van der Waals surface area contributed by atoms with Crippen molar-refractivity contribution in [3.05, 3.63) is 42.0 Å². The standard InChI is InChI=1S/C18H25NO/c1-14(2)17-9-7-16(8-10-17)13-15(3)18(20)19-11-5-4-6-12-19/h7-10,15H,1,4-6,11-13H2,2-3H3/t15-/m1/s1. The molecule has 1 saturated heterocycles. The number of hydrogen-bond acceptors (Lipinski definition) is 1. The molecule has 1 amide bonds. The van der Waals surface area contributed by atoms with Gasteiger partial charge in [-0.1, -0.05) is 43.3 Å². The van der Waals surface area contributed by atoms with Crippen molar-refractivity contribution in [3.63, 3.8) is 0 Å². The van der Waals surface area contributed by atoms with Crippen LogP contribution in [0.4, 0.5) is 0 Å². The van der Waals surface area contributed by atoms with E-state index in [9.17, 15) is 4.79 Å². The highest BCUT2D eigenvalue weighted by Crippen LogP contribution is 2.18. The molecular formula is C18H25NO. The fourth-order valence-electron chi connectivity index (χ4n) is 2.79. The maximum atomic E-state index is 12.4. The summed E-state index contributed by atoms with van der Waals surface area (Å²) in [5.41, 5.74) is 3.48. The Balaban J connectivity index is 1.94. The van der Waals surface area contributed by atoms with E-state index >= 15 is 0 Å². The van der Waals surface area contributed by atoms with Crippen molar-refractivity contribution in [3.8, 4) is 0 Å². The van der Waals surface area contributed by atoms with Gasteiger partial charge in [-0.25, -0.2) is 0 Å². The van der Waals surface area contributed by atoms with Crippen molar-refractivity contribution in [1.82, 2.24) is 4.90 Å². The third kappa shape index (κ3) is 3.72. The van der Waals surface area contributed by atoms with Gasteiger partial charge in [-0.15, -0.1) is 0 Å². The van der Waals surface area contributed by atoms with Crippen molar-refractivity contribution < 1.29 is 4.79 Å². The first-order valence-electron chi connectivity index (χ1n) is 7.61. The largest absolute Gasteiger partial charge is 0.342 e. The molecule has 1 heterocycles. The Morgan fingerprint density at radius 3 is 2.35 bits per heavy atom. The van der Waals surface area contributed by atoms with E-state index in [4.69, 9.17) is 0 Å². The number of benzene rings is 1. The third-order valence-electron chi connectivity index (χ3n) is 4.08. The van der Waals surface area contributed by atoms with Gasteiger partial charge in [0.15, 0.2) is 0 Å². The highest BCUT2D eigenvalue weighted by atomic mass is 16.2. The number of carbonyl (C=O) groups is 1. The molecule has 1 atom stereocenters. The summed E-state index contributed by atoms with van der Waals surface area (Å²) in [6.07, 6.45) is 4.41. The number of amides is 1. The lowest BCUT2D eigenvalue weighted by Crippen LogP contribution is -2.39. The Morgan fingerprint density at radius 1 is 1.20 bits per heavy atom. The highest BCUT2D eigenvalue weighted by Gasteiger charge is 2.22. The van der Waals surface area contributed by atoms with Crippen LogP contribution in [-0.2, 0) is 11.2 Å². The first-order valence-corrected chi connectivity index (χ1v) is 7.61. The van der Waals surface area contributed by atoms with Gasteiger partial charge in [-0.2, -0.15) is 0 Å². The molecule has 1 aromatic carbocycles. The molecule has 20 heavy (non-hydrogen) atoms. The predicted octanol–water partition coefficient (Wildman–Crippen LogP) is 3.91. The van der Waals surface area contributed by atoms with Crippen LogP contribution >= 0.6 is 0 Å². The Hall–Kier alpha value is -1.57. The Labute approximate surface area is 122 Å². The SMILES string of the molecule is C=C(C)c1ccc(C[C@@H](C)C(=O)N2CCCCC2)cc1. The molecule has 0 aliphatic carbocycles. The maximum Gasteiger partial charge on any atom is 0.225 e. The molecule has 1 aromatic rings. The Kier molecular flexibility index (Phi) is 4.99. The molecule has 108 valence electrons. The lowest BCUT2D eigenvalue weighted by Gasteiger charge is -2.29. The monoisotopic (exact) mass is 271 g/mol. The third-order valence-corrected chi connectivity index (χ3v) is 4.08. The molecule has 0 aromatic heterocycles. The zero-order chi connectivity index (χ0) is 14.5. The van der Waals surface area contributed by atoms with Gasteiger partial charge in [0.1, 0.15) is 0 Å².